The van der Waals surface area contributed by atoms with Crippen molar-refractivity contribution in [1.29, 1.82) is 0 Å². The molecule has 2 aliphatic rings. The SMILES string of the molecule is COc1cc2c(cc1/C=C1\NC(=O)NC1=O)C(C)=CC(C)(C)N2C. The molecule has 1 fully saturated rings. The lowest BCUT2D eigenvalue weighted by Crippen LogP contribution is -2.42. The van der Waals surface area contributed by atoms with Gasteiger partial charge in [-0.3, -0.25) is 10.1 Å². The topological polar surface area (TPSA) is 70.7 Å². The Kier molecular flexibility index (Phi) is 3.63. The molecule has 1 saturated heterocycles. The van der Waals surface area contributed by atoms with Crippen molar-refractivity contribution in [2.24, 2.45) is 0 Å². The lowest BCUT2D eigenvalue weighted by atomic mass is 9.88. The van der Waals surface area contributed by atoms with Gasteiger partial charge in [0.25, 0.3) is 5.91 Å². The van der Waals surface area contributed by atoms with E-state index in [9.17, 15) is 9.59 Å². The number of benzene rings is 1. The zero-order valence-electron chi connectivity index (χ0n) is 14.5. The predicted octanol–water partition coefficient (Wildman–Crippen LogP) is 2.51. The molecular formula is C18H21N3O3. The van der Waals surface area contributed by atoms with Gasteiger partial charge in [0.1, 0.15) is 11.4 Å². The smallest absolute Gasteiger partial charge is 0.326 e. The monoisotopic (exact) mass is 327 g/mol. The summed E-state index contributed by atoms with van der Waals surface area (Å²) in [6, 6.07) is 3.44. The maximum atomic E-state index is 11.8. The van der Waals surface area contributed by atoms with Crippen LogP contribution in [0.25, 0.3) is 11.6 Å². The number of ether oxygens (including phenoxy) is 1. The molecule has 0 aromatic heterocycles. The number of carbonyl (C=O) groups excluding carboxylic acids is 2. The van der Waals surface area contributed by atoms with E-state index in [4.69, 9.17) is 4.74 Å². The van der Waals surface area contributed by atoms with E-state index in [1.165, 1.54) is 0 Å². The number of anilines is 1. The average molecular weight is 327 g/mol. The molecule has 6 nitrogen and oxygen atoms in total. The van der Waals surface area contributed by atoms with Crippen molar-refractivity contribution >= 4 is 29.3 Å². The molecule has 0 radical (unpaired) electrons. The van der Waals surface area contributed by atoms with Gasteiger partial charge in [-0.15, -0.1) is 0 Å². The van der Waals surface area contributed by atoms with Crippen LogP contribution in [0.2, 0.25) is 0 Å². The number of hydrogen-bond acceptors (Lipinski definition) is 4. The second kappa shape index (κ2) is 5.40. The van der Waals surface area contributed by atoms with Crippen LogP contribution in [0.3, 0.4) is 0 Å². The number of hydrogen-bond donors (Lipinski definition) is 2. The first-order chi connectivity index (χ1) is 11.2. The summed E-state index contributed by atoms with van der Waals surface area (Å²) in [5.41, 5.74) is 4.17. The lowest BCUT2D eigenvalue weighted by molar-refractivity contribution is -0.115. The van der Waals surface area contributed by atoms with Crippen LogP contribution in [0, 0.1) is 0 Å². The molecule has 1 aromatic rings. The number of fused-ring (bicyclic) bond motifs is 1. The average Bonchev–Trinajstić information content (AvgIpc) is 2.82. The number of urea groups is 1. The third-order valence-electron chi connectivity index (χ3n) is 4.59. The van der Waals surface area contributed by atoms with Gasteiger partial charge >= 0.3 is 6.03 Å². The van der Waals surface area contributed by atoms with Crippen LogP contribution in [-0.4, -0.2) is 31.6 Å². The highest BCUT2D eigenvalue weighted by Crippen LogP contribution is 2.41. The third-order valence-corrected chi connectivity index (χ3v) is 4.59. The summed E-state index contributed by atoms with van der Waals surface area (Å²) >= 11 is 0. The van der Waals surface area contributed by atoms with Crippen molar-refractivity contribution in [2.45, 2.75) is 26.3 Å². The van der Waals surface area contributed by atoms with E-state index >= 15 is 0 Å². The normalized spacial score (nSPS) is 20.5. The first-order valence-corrected chi connectivity index (χ1v) is 7.72. The molecule has 6 heteroatoms. The Morgan fingerprint density at radius 3 is 2.50 bits per heavy atom. The highest BCUT2D eigenvalue weighted by molar-refractivity contribution is 6.14. The highest BCUT2D eigenvalue weighted by Gasteiger charge is 2.30. The van der Waals surface area contributed by atoms with Gasteiger partial charge in [0.15, 0.2) is 0 Å². The number of amides is 3. The number of methoxy groups -OCH3 is 1. The number of imide groups is 1. The van der Waals surface area contributed by atoms with Crippen molar-refractivity contribution < 1.29 is 14.3 Å². The van der Waals surface area contributed by atoms with E-state index in [-0.39, 0.29) is 11.2 Å². The van der Waals surface area contributed by atoms with Gasteiger partial charge in [-0.05, 0) is 38.5 Å². The largest absolute Gasteiger partial charge is 0.496 e. The molecule has 2 aliphatic heterocycles. The number of nitrogens with zero attached hydrogens (tertiary/aromatic N) is 1. The summed E-state index contributed by atoms with van der Waals surface area (Å²) < 4.78 is 5.50. The number of likely N-dealkylation sites (N-methyl/N-ethyl adjacent to an activating group) is 1. The number of carbonyl (C=O) groups is 2. The lowest BCUT2D eigenvalue weighted by Gasteiger charge is -2.41. The van der Waals surface area contributed by atoms with Crippen LogP contribution in [0.15, 0.2) is 23.9 Å². The summed E-state index contributed by atoms with van der Waals surface area (Å²) in [7, 11) is 3.64. The van der Waals surface area contributed by atoms with E-state index in [1.54, 1.807) is 13.2 Å². The van der Waals surface area contributed by atoms with Crippen molar-refractivity contribution in [1.82, 2.24) is 10.6 Å². The molecule has 2 heterocycles. The molecular weight excluding hydrogens is 306 g/mol. The molecule has 0 bridgehead atoms. The van der Waals surface area contributed by atoms with Gasteiger partial charge in [0, 0.05) is 29.9 Å². The standard InChI is InChI=1S/C18H21N3O3/c1-10-9-18(2,3)21(4)14-8-15(24-5)11(6-12(10)14)7-13-16(22)20-17(23)19-13/h6-9H,1-5H3,(H2,19,20,22,23)/b13-7-. The van der Waals surface area contributed by atoms with Gasteiger partial charge in [0.2, 0.25) is 0 Å². The maximum absolute atomic E-state index is 11.8. The summed E-state index contributed by atoms with van der Waals surface area (Å²) in [6.45, 7) is 6.38. The van der Waals surface area contributed by atoms with E-state index in [0.29, 0.717) is 5.75 Å². The van der Waals surface area contributed by atoms with E-state index in [0.717, 1.165) is 22.4 Å². The second-order valence-electron chi connectivity index (χ2n) is 6.62. The molecule has 126 valence electrons. The van der Waals surface area contributed by atoms with Crippen molar-refractivity contribution in [3.05, 3.63) is 35.0 Å². The van der Waals surface area contributed by atoms with Crippen molar-refractivity contribution in [2.75, 3.05) is 19.1 Å². The fourth-order valence-electron chi connectivity index (χ4n) is 3.12. The van der Waals surface area contributed by atoms with Gasteiger partial charge in [-0.25, -0.2) is 4.79 Å². The van der Waals surface area contributed by atoms with Crippen LogP contribution in [0.5, 0.6) is 5.75 Å². The third kappa shape index (κ3) is 2.54. The molecule has 0 unspecified atom stereocenters. The molecule has 24 heavy (non-hydrogen) atoms. The molecule has 0 aliphatic carbocycles. The second-order valence-corrected chi connectivity index (χ2v) is 6.62. The Bertz CT molecular complexity index is 806. The molecule has 0 spiro atoms. The zero-order valence-corrected chi connectivity index (χ0v) is 14.5. The van der Waals surface area contributed by atoms with Crippen LogP contribution in [0.4, 0.5) is 10.5 Å². The van der Waals surface area contributed by atoms with E-state index in [2.05, 4.69) is 42.4 Å². The number of allylic oxidation sites excluding steroid dienone is 1. The summed E-state index contributed by atoms with van der Waals surface area (Å²) in [6.07, 6.45) is 3.84. The van der Waals surface area contributed by atoms with E-state index in [1.807, 2.05) is 19.2 Å². The Morgan fingerprint density at radius 2 is 1.92 bits per heavy atom. The molecule has 0 saturated carbocycles. The van der Waals surface area contributed by atoms with Crippen LogP contribution < -0.4 is 20.3 Å². The summed E-state index contributed by atoms with van der Waals surface area (Å²) in [5, 5.41) is 4.69. The van der Waals surface area contributed by atoms with Crippen LogP contribution >= 0.6 is 0 Å². The predicted molar refractivity (Wildman–Crippen MR) is 93.8 cm³/mol. The highest BCUT2D eigenvalue weighted by atomic mass is 16.5. The molecule has 3 rings (SSSR count). The minimum absolute atomic E-state index is 0.0958. The summed E-state index contributed by atoms with van der Waals surface area (Å²) in [5.74, 6) is 0.206. The fraction of sp³-hybridized carbons (Fsp3) is 0.333. The minimum Gasteiger partial charge on any atom is -0.496 e. The fourth-order valence-corrected chi connectivity index (χ4v) is 3.12. The Morgan fingerprint density at radius 1 is 1.21 bits per heavy atom. The molecule has 0 atom stereocenters. The Balaban J connectivity index is 2.14. The van der Waals surface area contributed by atoms with Gasteiger partial charge in [-0.2, -0.15) is 0 Å². The quantitative estimate of drug-likeness (QED) is 0.647. The molecule has 2 N–H and O–H groups in total. The van der Waals surface area contributed by atoms with Gasteiger partial charge in [-0.1, -0.05) is 6.08 Å². The minimum atomic E-state index is -0.513. The Hall–Kier alpha value is -2.76. The maximum Gasteiger partial charge on any atom is 0.326 e. The molecule has 1 aromatic carbocycles. The first-order valence-electron chi connectivity index (χ1n) is 7.72. The van der Waals surface area contributed by atoms with Crippen LogP contribution in [0.1, 0.15) is 31.9 Å². The Labute approximate surface area is 141 Å². The number of nitrogens with one attached hydrogen (secondary N) is 2. The van der Waals surface area contributed by atoms with Crippen LogP contribution in [-0.2, 0) is 4.79 Å². The first kappa shape index (κ1) is 16.1. The number of rotatable bonds is 2. The van der Waals surface area contributed by atoms with Crippen molar-refractivity contribution in [3.8, 4) is 5.75 Å². The zero-order chi connectivity index (χ0) is 17.6. The summed E-state index contributed by atoms with van der Waals surface area (Å²) in [4.78, 5) is 25.2. The van der Waals surface area contributed by atoms with Crippen molar-refractivity contribution in [3.63, 3.8) is 0 Å². The van der Waals surface area contributed by atoms with Gasteiger partial charge < -0.3 is 15.0 Å². The van der Waals surface area contributed by atoms with E-state index < -0.39 is 11.9 Å². The molecule has 3 amide bonds. The van der Waals surface area contributed by atoms with Gasteiger partial charge in [0.05, 0.1) is 12.6 Å².